The van der Waals surface area contributed by atoms with Gasteiger partial charge in [-0.1, -0.05) is 74.9 Å². The lowest BCUT2D eigenvalue weighted by Gasteiger charge is -2.28. The van der Waals surface area contributed by atoms with Gasteiger partial charge in [-0.15, -0.1) is 0 Å². The van der Waals surface area contributed by atoms with Gasteiger partial charge < -0.3 is 37.4 Å². The van der Waals surface area contributed by atoms with Gasteiger partial charge in [0.2, 0.25) is 0 Å². The van der Waals surface area contributed by atoms with Crippen LogP contribution in [0.3, 0.4) is 0 Å². The van der Waals surface area contributed by atoms with E-state index in [-0.39, 0.29) is 26.1 Å². The molecule has 1 unspecified atom stereocenters. The average molecular weight is 694 g/mol. The van der Waals surface area contributed by atoms with Crippen molar-refractivity contribution in [2.45, 2.75) is 83.2 Å². The van der Waals surface area contributed by atoms with E-state index in [4.69, 9.17) is 28.0 Å². The summed E-state index contributed by atoms with van der Waals surface area (Å²) in [6, 6.07) is 19.3. The van der Waals surface area contributed by atoms with Gasteiger partial charge in [-0.25, -0.2) is 0 Å². The zero-order valence-electron chi connectivity index (χ0n) is 29.1. The normalized spacial score (nSPS) is 13.3. The van der Waals surface area contributed by atoms with Gasteiger partial charge in [-0.3, -0.25) is 14.2 Å². The number of nitrogens with zero attached hydrogens (tertiary/aromatic N) is 1. The van der Waals surface area contributed by atoms with Crippen LogP contribution in [0.4, 0.5) is 0 Å². The largest absolute Gasteiger partial charge is 0.756 e. The van der Waals surface area contributed by atoms with E-state index in [1.807, 2.05) is 81.8 Å². The molecule has 0 spiro atoms. The summed E-state index contributed by atoms with van der Waals surface area (Å²) >= 11 is 0. The van der Waals surface area contributed by atoms with Crippen molar-refractivity contribution >= 4 is 19.8 Å². The van der Waals surface area contributed by atoms with Gasteiger partial charge in [0.15, 0.2) is 6.10 Å². The van der Waals surface area contributed by atoms with Crippen LogP contribution in [0.1, 0.15) is 77.0 Å². The standard InChI is InChI=1S/C36H56NO10P/c1-37(2,3)26-29-45-48(40,41)46-31-34(47-36(39)25-17-7-5-9-19-28-43-33-22-14-11-15-23-33)30-44-35(38)24-16-6-4-8-18-27-42-32-20-12-10-13-21-32/h10-15,20-23,34H,4-9,16-19,24-31H2,1-3H3/t34-/m1/s1. The third kappa shape index (κ3) is 22.6. The highest BCUT2D eigenvalue weighted by atomic mass is 31.2. The smallest absolute Gasteiger partial charge is 0.306 e. The van der Waals surface area contributed by atoms with E-state index in [1.54, 1.807) is 0 Å². The van der Waals surface area contributed by atoms with Gasteiger partial charge in [0.25, 0.3) is 7.82 Å². The molecule has 0 aliphatic carbocycles. The van der Waals surface area contributed by atoms with Crippen LogP contribution in [-0.2, 0) is 32.7 Å². The maximum Gasteiger partial charge on any atom is 0.306 e. The molecule has 2 aromatic rings. The molecular weight excluding hydrogens is 637 g/mol. The summed E-state index contributed by atoms with van der Waals surface area (Å²) in [5, 5.41) is 0. The van der Waals surface area contributed by atoms with Crippen LogP contribution in [0.15, 0.2) is 60.7 Å². The minimum absolute atomic E-state index is 0.0534. The van der Waals surface area contributed by atoms with Crippen LogP contribution < -0.4 is 14.4 Å². The Labute approximate surface area is 287 Å². The van der Waals surface area contributed by atoms with Crippen molar-refractivity contribution in [3.8, 4) is 11.5 Å². The molecule has 270 valence electrons. The highest BCUT2D eigenvalue weighted by Crippen LogP contribution is 2.38. The highest BCUT2D eigenvalue weighted by Gasteiger charge is 2.21. The highest BCUT2D eigenvalue weighted by molar-refractivity contribution is 7.45. The number of ether oxygens (including phenoxy) is 4. The Balaban J connectivity index is 1.66. The fourth-order valence-corrected chi connectivity index (χ4v) is 5.20. The van der Waals surface area contributed by atoms with E-state index < -0.39 is 32.5 Å². The van der Waals surface area contributed by atoms with Gasteiger partial charge in [0, 0.05) is 12.8 Å². The summed E-state index contributed by atoms with van der Waals surface area (Å²) in [4.78, 5) is 37.3. The first-order valence-electron chi connectivity index (χ1n) is 17.1. The number of phosphoric acid groups is 1. The van der Waals surface area contributed by atoms with E-state index in [0.29, 0.717) is 37.1 Å². The molecule has 0 fully saturated rings. The van der Waals surface area contributed by atoms with Crippen molar-refractivity contribution in [3.63, 3.8) is 0 Å². The first-order chi connectivity index (χ1) is 23.0. The molecule has 0 amide bonds. The van der Waals surface area contributed by atoms with E-state index in [1.165, 1.54) is 0 Å². The van der Waals surface area contributed by atoms with Crippen molar-refractivity contribution in [1.82, 2.24) is 0 Å². The second-order valence-corrected chi connectivity index (χ2v) is 14.2. The topological polar surface area (TPSA) is 130 Å². The first kappa shape index (κ1) is 41.2. The lowest BCUT2D eigenvalue weighted by Crippen LogP contribution is -2.37. The molecule has 0 saturated carbocycles. The Hall–Kier alpha value is -2.95. The minimum Gasteiger partial charge on any atom is -0.756 e. The second-order valence-electron chi connectivity index (χ2n) is 12.7. The molecule has 48 heavy (non-hydrogen) atoms. The molecule has 0 aliphatic rings. The second kappa shape index (κ2) is 24.2. The average Bonchev–Trinajstić information content (AvgIpc) is 3.05. The summed E-state index contributed by atoms with van der Waals surface area (Å²) < 4.78 is 45.0. The molecule has 0 aromatic heterocycles. The van der Waals surface area contributed by atoms with Crippen LogP contribution in [-0.4, -0.2) is 83.2 Å². The molecule has 0 saturated heterocycles. The predicted octanol–water partition coefficient (Wildman–Crippen LogP) is 6.49. The SMILES string of the molecule is C[N+](C)(C)CCOP(=O)([O-])OC[C@@H](COC(=O)CCCCCCCOc1ccccc1)OC(=O)CCCCCCCOc1ccccc1. The fourth-order valence-electron chi connectivity index (χ4n) is 4.47. The summed E-state index contributed by atoms with van der Waals surface area (Å²) in [6.07, 6.45) is 8.02. The molecule has 0 radical (unpaired) electrons. The first-order valence-corrected chi connectivity index (χ1v) is 18.6. The molecule has 2 atom stereocenters. The van der Waals surface area contributed by atoms with Crippen molar-refractivity contribution in [3.05, 3.63) is 60.7 Å². The number of hydrogen-bond acceptors (Lipinski definition) is 10. The van der Waals surface area contributed by atoms with Crippen LogP contribution in [0.25, 0.3) is 0 Å². The van der Waals surface area contributed by atoms with Crippen LogP contribution in [0, 0.1) is 0 Å². The zero-order valence-corrected chi connectivity index (χ0v) is 30.0. The molecule has 12 heteroatoms. The number of rotatable bonds is 28. The van der Waals surface area contributed by atoms with Crippen molar-refractivity contribution in [1.29, 1.82) is 0 Å². The van der Waals surface area contributed by atoms with E-state index >= 15 is 0 Å². The molecule has 2 rings (SSSR count). The Morgan fingerprint density at radius 1 is 0.646 bits per heavy atom. The number of esters is 2. The van der Waals surface area contributed by atoms with Gasteiger partial charge in [-0.2, -0.15) is 0 Å². The van der Waals surface area contributed by atoms with Gasteiger partial charge >= 0.3 is 11.9 Å². The lowest BCUT2D eigenvalue weighted by atomic mass is 10.1. The number of quaternary nitrogens is 1. The van der Waals surface area contributed by atoms with Crippen LogP contribution in [0.5, 0.6) is 11.5 Å². The summed E-state index contributed by atoms with van der Waals surface area (Å²) in [5.41, 5.74) is 0. The molecule has 0 aliphatic heterocycles. The summed E-state index contributed by atoms with van der Waals surface area (Å²) in [7, 11) is 1.08. The number of carbonyl (C=O) groups is 2. The maximum atomic E-state index is 12.6. The number of benzene rings is 2. The van der Waals surface area contributed by atoms with Crippen molar-refractivity contribution in [2.24, 2.45) is 0 Å². The van der Waals surface area contributed by atoms with Crippen molar-refractivity contribution in [2.75, 3.05) is 60.7 Å². The number of hydrogen-bond donors (Lipinski definition) is 0. The van der Waals surface area contributed by atoms with E-state index in [0.717, 1.165) is 62.9 Å². The number of para-hydroxylation sites is 2. The summed E-state index contributed by atoms with van der Waals surface area (Å²) in [6.45, 7) is 0.878. The van der Waals surface area contributed by atoms with Crippen LogP contribution in [0.2, 0.25) is 0 Å². The molecule has 0 N–H and O–H groups in total. The molecule has 2 aromatic carbocycles. The Kier molecular flexibility index (Phi) is 20.8. The van der Waals surface area contributed by atoms with Gasteiger partial charge in [0.1, 0.15) is 31.3 Å². The monoisotopic (exact) mass is 693 g/mol. The van der Waals surface area contributed by atoms with E-state index in [9.17, 15) is 19.0 Å². The number of carbonyl (C=O) groups excluding carboxylic acids is 2. The quantitative estimate of drug-likeness (QED) is 0.0422. The fraction of sp³-hybridized carbons (Fsp3) is 0.611. The number of phosphoric ester groups is 1. The van der Waals surface area contributed by atoms with Crippen LogP contribution >= 0.6 is 7.82 Å². The molecular formula is C36H56NO10P. The third-order valence-corrected chi connectivity index (χ3v) is 8.20. The molecule has 0 heterocycles. The third-order valence-electron chi connectivity index (χ3n) is 7.23. The van der Waals surface area contributed by atoms with E-state index in [2.05, 4.69) is 0 Å². The molecule has 0 bridgehead atoms. The predicted molar refractivity (Wildman–Crippen MR) is 183 cm³/mol. The van der Waals surface area contributed by atoms with Gasteiger partial charge in [0.05, 0.1) is 41.0 Å². The van der Waals surface area contributed by atoms with Crippen molar-refractivity contribution < 1.29 is 51.5 Å². The van der Waals surface area contributed by atoms with Gasteiger partial charge in [-0.05, 0) is 49.9 Å². The lowest BCUT2D eigenvalue weighted by molar-refractivity contribution is -0.870. The minimum atomic E-state index is -4.64. The summed E-state index contributed by atoms with van der Waals surface area (Å²) in [5.74, 6) is 0.765. The number of likely N-dealkylation sites (N-methyl/N-ethyl adjacent to an activating group) is 1. The zero-order chi connectivity index (χ0) is 34.9. The maximum absolute atomic E-state index is 12.6. The Morgan fingerprint density at radius 3 is 1.65 bits per heavy atom. The molecule has 11 nitrogen and oxygen atoms in total. The Morgan fingerprint density at radius 2 is 1.12 bits per heavy atom. The Bertz CT molecular complexity index is 1180. The number of unbranched alkanes of at least 4 members (excludes halogenated alkanes) is 8.